The lowest BCUT2D eigenvalue weighted by Crippen LogP contribution is -2.55. The molecule has 358 valence electrons. The Bertz CT molecular complexity index is 1930. The molecule has 4 rings (SSSR count). The molecule has 65 heavy (non-hydrogen) atoms. The predicted octanol–water partition coefficient (Wildman–Crippen LogP) is 4.57. The molecule has 0 saturated carbocycles. The van der Waals surface area contributed by atoms with Gasteiger partial charge in [-0.2, -0.15) is 0 Å². The second kappa shape index (κ2) is 24.4. The first-order chi connectivity index (χ1) is 30.9. The number of carbonyl (C=O) groups is 6. The molecule has 8 atom stereocenters. The van der Waals surface area contributed by atoms with E-state index in [-0.39, 0.29) is 72.5 Å². The van der Waals surface area contributed by atoms with Gasteiger partial charge in [-0.25, -0.2) is 4.99 Å². The number of rotatable bonds is 23. The zero-order valence-corrected chi connectivity index (χ0v) is 40.6. The van der Waals surface area contributed by atoms with E-state index in [2.05, 4.69) is 19.2 Å². The average molecular weight is 904 g/mol. The third-order valence-electron chi connectivity index (χ3n) is 12.8. The molecule has 1 fully saturated rings. The third-order valence-corrected chi connectivity index (χ3v) is 12.8. The summed E-state index contributed by atoms with van der Waals surface area (Å²) in [7, 11) is 12.5. The molecule has 2 aromatic rings. The van der Waals surface area contributed by atoms with Crippen LogP contribution in [-0.2, 0) is 39.9 Å². The fourth-order valence-corrected chi connectivity index (χ4v) is 9.12. The molecule has 1 saturated heterocycles. The number of carbonyl (C=O) groups excluding carboxylic acids is 6. The van der Waals surface area contributed by atoms with E-state index in [4.69, 9.17) is 19.3 Å². The van der Waals surface area contributed by atoms with Gasteiger partial charge in [-0.1, -0.05) is 83.5 Å². The van der Waals surface area contributed by atoms with Crippen LogP contribution in [0.25, 0.3) is 0 Å². The van der Waals surface area contributed by atoms with Crippen molar-refractivity contribution < 1.29 is 43.1 Å². The van der Waals surface area contributed by atoms with Crippen molar-refractivity contribution in [2.75, 3.05) is 69.2 Å². The Labute approximate surface area is 385 Å². The molecule has 0 radical (unpaired) electrons. The Morgan fingerprint density at radius 2 is 1.45 bits per heavy atom. The molecule has 0 bridgehead atoms. The number of likely N-dealkylation sites (tertiary alicyclic amines) is 1. The van der Waals surface area contributed by atoms with Crippen molar-refractivity contribution in [3.05, 3.63) is 71.3 Å². The van der Waals surface area contributed by atoms with Crippen molar-refractivity contribution in [3.8, 4) is 0 Å². The number of nitrogens with zero attached hydrogens (tertiary/aromatic N) is 6. The van der Waals surface area contributed by atoms with Crippen LogP contribution < -0.4 is 5.32 Å². The van der Waals surface area contributed by atoms with Gasteiger partial charge < -0.3 is 34.4 Å². The Morgan fingerprint density at radius 1 is 0.846 bits per heavy atom. The van der Waals surface area contributed by atoms with Crippen LogP contribution in [-0.4, -0.2) is 165 Å². The molecular formula is C49H73N7O9. The van der Waals surface area contributed by atoms with Crippen LogP contribution >= 0.6 is 0 Å². The van der Waals surface area contributed by atoms with Crippen molar-refractivity contribution in [2.24, 2.45) is 28.7 Å². The van der Waals surface area contributed by atoms with Gasteiger partial charge in [0.05, 0.1) is 48.4 Å². The van der Waals surface area contributed by atoms with Crippen LogP contribution in [0.3, 0.4) is 0 Å². The molecule has 16 heteroatoms. The molecule has 1 N–H and O–H groups in total. The second-order valence-electron chi connectivity index (χ2n) is 18.1. The van der Waals surface area contributed by atoms with Gasteiger partial charge in [-0.05, 0) is 48.8 Å². The van der Waals surface area contributed by atoms with Gasteiger partial charge in [0, 0.05) is 80.8 Å². The van der Waals surface area contributed by atoms with Crippen LogP contribution in [0.4, 0.5) is 0 Å². The van der Waals surface area contributed by atoms with E-state index in [0.29, 0.717) is 30.4 Å². The van der Waals surface area contributed by atoms with Gasteiger partial charge in [0.15, 0.2) is 5.96 Å². The zero-order valence-electron chi connectivity index (χ0n) is 40.6. The minimum atomic E-state index is -0.747. The van der Waals surface area contributed by atoms with Crippen LogP contribution in [0.2, 0.25) is 0 Å². The molecule has 0 unspecified atom stereocenters. The molecule has 2 aliphatic heterocycles. The molecule has 16 nitrogen and oxygen atoms in total. The van der Waals surface area contributed by atoms with Gasteiger partial charge in [-0.15, -0.1) is 5.06 Å². The highest BCUT2D eigenvalue weighted by Gasteiger charge is 2.43. The number of aliphatic imine (C=N–C) groups is 1. The summed E-state index contributed by atoms with van der Waals surface area (Å²) in [5.41, 5.74) is 1.38. The molecule has 0 spiro atoms. The van der Waals surface area contributed by atoms with Crippen molar-refractivity contribution in [1.82, 2.24) is 30.0 Å². The van der Waals surface area contributed by atoms with E-state index in [0.717, 1.165) is 18.4 Å². The number of likely N-dealkylation sites (N-methyl/N-ethyl adjacent to an activating group) is 1. The van der Waals surface area contributed by atoms with Gasteiger partial charge in [0.1, 0.15) is 11.8 Å². The van der Waals surface area contributed by atoms with E-state index in [1.807, 2.05) is 82.2 Å². The number of hydrogen-bond acceptors (Lipinski definition) is 10. The number of methoxy groups -OCH3 is 2. The monoisotopic (exact) mass is 904 g/mol. The molecular weight excluding hydrogens is 831 g/mol. The number of benzene rings is 2. The highest BCUT2D eigenvalue weighted by Crippen LogP contribution is 2.31. The van der Waals surface area contributed by atoms with Gasteiger partial charge in [0.25, 0.3) is 11.8 Å². The van der Waals surface area contributed by atoms with E-state index in [9.17, 15) is 28.8 Å². The average Bonchev–Trinajstić information content (AvgIpc) is 3.86. The summed E-state index contributed by atoms with van der Waals surface area (Å²) in [5.74, 6) is -2.85. The maximum absolute atomic E-state index is 14.4. The number of fused-ring (bicyclic) bond motifs is 1. The maximum Gasteiger partial charge on any atom is 0.285 e. The lowest BCUT2D eigenvalue weighted by atomic mass is 9.85. The summed E-state index contributed by atoms with van der Waals surface area (Å²) in [5, 5.41) is 3.54. The topological polar surface area (TPSA) is 171 Å². The first-order valence-corrected chi connectivity index (χ1v) is 22.9. The van der Waals surface area contributed by atoms with Crippen molar-refractivity contribution in [1.29, 1.82) is 0 Å². The number of ether oxygens (including phenoxy) is 2. The summed E-state index contributed by atoms with van der Waals surface area (Å²) >= 11 is 0. The molecule has 2 aliphatic rings. The molecule has 5 amide bonds. The Balaban J connectivity index is 1.46. The van der Waals surface area contributed by atoms with Crippen molar-refractivity contribution in [2.45, 2.75) is 103 Å². The van der Waals surface area contributed by atoms with Crippen LogP contribution in [0.1, 0.15) is 93.0 Å². The maximum atomic E-state index is 14.4. The number of nitrogens with one attached hydrogen (secondary N) is 1. The number of amides is 5. The fourth-order valence-electron chi connectivity index (χ4n) is 9.12. The summed E-state index contributed by atoms with van der Waals surface area (Å²) in [4.78, 5) is 99.9. The lowest BCUT2D eigenvalue weighted by molar-refractivity contribution is -0.146. The molecule has 0 aromatic heterocycles. The third kappa shape index (κ3) is 13.0. The molecule has 2 aromatic carbocycles. The summed E-state index contributed by atoms with van der Waals surface area (Å²) in [6, 6.07) is 14.4. The van der Waals surface area contributed by atoms with Gasteiger partial charge in [0.2, 0.25) is 17.7 Å². The number of imide groups is 1. The minimum absolute atomic E-state index is 0.00842. The molecule has 0 aliphatic carbocycles. The van der Waals surface area contributed by atoms with E-state index in [1.54, 1.807) is 62.3 Å². The fraction of sp³-hybridized carbons (Fsp3) is 0.612. The first kappa shape index (κ1) is 52.4. The summed E-state index contributed by atoms with van der Waals surface area (Å²) in [6.07, 6.45) is 1.05. The smallest absolute Gasteiger partial charge is 0.285 e. The number of guanidine groups is 1. The Hall–Kier alpha value is -5.19. The quantitative estimate of drug-likeness (QED) is 0.0718. The number of ketones is 1. The Kier molecular flexibility index (Phi) is 19.7. The van der Waals surface area contributed by atoms with Crippen LogP contribution in [0.5, 0.6) is 0 Å². The zero-order chi connectivity index (χ0) is 48.1. The largest absolute Gasteiger partial charge is 0.379 e. The minimum Gasteiger partial charge on any atom is -0.379 e. The first-order valence-electron chi connectivity index (χ1n) is 22.9. The van der Waals surface area contributed by atoms with E-state index < -0.39 is 54.0 Å². The SMILES string of the molecule is CC[C@H](C)[C@@H]([C@@H](CC(=O)N1CCC[C@H]1[C@H](OC)[C@@H](C)C(=O)C[C@@H](Cc1ccccc1)C(=O)NCCON1C(=O)c2ccccc2C1=O)OC)N(C)C(=O)[C@@H](N=C(N(C)C)N(C)C)C(C)C. The number of Topliss-reactive ketones (excluding diaryl/α,β-unsaturated/α-hetero) is 1. The lowest BCUT2D eigenvalue weighted by Gasteiger charge is -2.40. The normalized spacial score (nSPS) is 18.0. The number of hydrogen-bond donors (Lipinski definition) is 1. The highest BCUT2D eigenvalue weighted by atomic mass is 16.7. The van der Waals surface area contributed by atoms with E-state index >= 15 is 0 Å². The number of hydroxylamine groups is 2. The summed E-state index contributed by atoms with van der Waals surface area (Å²) < 4.78 is 12.1. The Morgan fingerprint density at radius 3 is 1.98 bits per heavy atom. The van der Waals surface area contributed by atoms with Crippen LogP contribution in [0.15, 0.2) is 59.6 Å². The van der Waals surface area contributed by atoms with Crippen LogP contribution in [0, 0.1) is 23.7 Å². The highest BCUT2D eigenvalue weighted by molar-refractivity contribution is 6.20. The van der Waals surface area contributed by atoms with Gasteiger partial charge >= 0.3 is 0 Å². The second-order valence-corrected chi connectivity index (χ2v) is 18.1. The van der Waals surface area contributed by atoms with E-state index in [1.165, 1.54) is 0 Å². The van der Waals surface area contributed by atoms with Gasteiger partial charge in [-0.3, -0.25) is 33.6 Å². The van der Waals surface area contributed by atoms with Crippen molar-refractivity contribution >= 4 is 41.3 Å². The predicted molar refractivity (Wildman–Crippen MR) is 249 cm³/mol. The standard InChI is InChI=1S/C49H73N7O9/c1-13-32(4)43(54(10)48(62)42(31(2)3)51-49(52(6)7)53(8)9)40(63-11)30-41(58)55-26-19-24-38(55)44(64-12)33(5)39(57)29-35(28-34-20-15-14-16-21-34)45(59)50-25-27-65-56-46(60)36-22-17-18-23-37(36)47(56)61/h14-18,20-23,31-33,35,38,40,42-44H,13,19,24-30H2,1-12H3,(H,50,59)/t32-,33-,35+,38-,40+,42-,43-,44+/m0/s1. The molecule has 2 heterocycles. The van der Waals surface area contributed by atoms with Crippen molar-refractivity contribution in [3.63, 3.8) is 0 Å². The summed E-state index contributed by atoms with van der Waals surface area (Å²) in [6.45, 7) is 10.2.